The quantitative estimate of drug-likeness (QED) is 0.653. The molecule has 6 nitrogen and oxygen atoms in total. The Bertz CT molecular complexity index is 568. The number of nitrogens with zero attached hydrogens (tertiary/aromatic N) is 4. The second-order valence-corrected chi connectivity index (χ2v) is 7.37. The number of pyridine rings is 1. The minimum atomic E-state index is 0.169. The molecule has 1 aliphatic heterocycles. The summed E-state index contributed by atoms with van der Waals surface area (Å²) < 4.78 is 5.99. The molecule has 0 aromatic carbocycles. The molecule has 3 rings (SSSR count). The first-order chi connectivity index (χ1) is 12.1. The summed E-state index contributed by atoms with van der Waals surface area (Å²) in [4.78, 5) is 13.4. The molecule has 1 aromatic rings. The molecule has 1 saturated carbocycles. The van der Waals surface area contributed by atoms with Crippen LogP contribution in [0, 0.1) is 0 Å². The van der Waals surface area contributed by atoms with Gasteiger partial charge in [0, 0.05) is 44.4 Å². The monoisotopic (exact) mass is 345 g/mol. The van der Waals surface area contributed by atoms with E-state index >= 15 is 0 Å². The Kier molecular flexibility index (Phi) is 5.78. The van der Waals surface area contributed by atoms with Crippen LogP contribution in [0.2, 0.25) is 0 Å². The molecular weight excluding hydrogens is 314 g/mol. The number of aromatic nitrogens is 1. The van der Waals surface area contributed by atoms with Gasteiger partial charge in [-0.25, -0.2) is 4.98 Å². The van der Waals surface area contributed by atoms with Crippen LogP contribution in [0.25, 0.3) is 0 Å². The molecule has 0 amide bonds. The van der Waals surface area contributed by atoms with E-state index in [9.17, 15) is 0 Å². The minimum Gasteiger partial charge on any atom is -0.472 e. The van der Waals surface area contributed by atoms with Crippen LogP contribution in [0.4, 0.5) is 0 Å². The Morgan fingerprint density at radius 2 is 2.20 bits per heavy atom. The topological polar surface area (TPSA) is 53.0 Å². The largest absolute Gasteiger partial charge is 0.472 e. The maximum atomic E-state index is 5.99. The van der Waals surface area contributed by atoms with Gasteiger partial charge in [0.2, 0.25) is 5.88 Å². The number of nitrogens with one attached hydrogen (secondary N) is 1. The van der Waals surface area contributed by atoms with Crippen molar-refractivity contribution in [3.8, 4) is 5.88 Å². The van der Waals surface area contributed by atoms with Crippen LogP contribution < -0.4 is 10.1 Å². The van der Waals surface area contributed by atoms with Crippen LogP contribution in [-0.4, -0.2) is 73.2 Å². The predicted octanol–water partition coefficient (Wildman–Crippen LogP) is 1.98. The molecule has 0 radical (unpaired) electrons. The number of guanidine groups is 1. The van der Waals surface area contributed by atoms with Crippen LogP contribution in [0.3, 0.4) is 0 Å². The molecule has 1 unspecified atom stereocenters. The first-order valence-electron chi connectivity index (χ1n) is 9.34. The van der Waals surface area contributed by atoms with Gasteiger partial charge in [-0.15, -0.1) is 0 Å². The van der Waals surface area contributed by atoms with E-state index in [2.05, 4.69) is 39.2 Å². The van der Waals surface area contributed by atoms with E-state index in [1.165, 1.54) is 25.7 Å². The number of hydrogen-bond acceptors (Lipinski definition) is 4. The van der Waals surface area contributed by atoms with E-state index in [-0.39, 0.29) is 11.6 Å². The van der Waals surface area contributed by atoms with Crippen LogP contribution in [-0.2, 0) is 0 Å². The van der Waals surface area contributed by atoms with Gasteiger partial charge in [-0.3, -0.25) is 4.99 Å². The van der Waals surface area contributed by atoms with Crippen molar-refractivity contribution in [2.75, 3.05) is 40.8 Å². The van der Waals surface area contributed by atoms with E-state index in [1.807, 2.05) is 25.2 Å². The van der Waals surface area contributed by atoms with E-state index in [4.69, 9.17) is 4.74 Å². The fourth-order valence-electron chi connectivity index (χ4n) is 4.00. The summed E-state index contributed by atoms with van der Waals surface area (Å²) in [7, 11) is 6.26. The maximum Gasteiger partial charge on any atom is 0.213 e. The lowest BCUT2D eigenvalue weighted by Crippen LogP contribution is -2.53. The van der Waals surface area contributed by atoms with Gasteiger partial charge in [0.15, 0.2) is 5.96 Å². The normalized spacial score (nSPS) is 23.3. The zero-order valence-electron chi connectivity index (χ0n) is 15.7. The number of likely N-dealkylation sites (tertiary alicyclic amines) is 1. The highest BCUT2D eigenvalue weighted by atomic mass is 16.5. The van der Waals surface area contributed by atoms with Crippen molar-refractivity contribution in [2.45, 2.75) is 43.7 Å². The number of likely N-dealkylation sites (N-methyl/N-ethyl adjacent to an activating group) is 1. The molecular formula is C19H31N5O. The Balaban J connectivity index is 1.53. The summed E-state index contributed by atoms with van der Waals surface area (Å²) in [5.74, 6) is 1.69. The molecule has 138 valence electrons. The number of ether oxygens (including phenoxy) is 1. The smallest absolute Gasteiger partial charge is 0.213 e. The number of hydrogen-bond donors (Lipinski definition) is 1. The lowest BCUT2D eigenvalue weighted by molar-refractivity contribution is 0.159. The third-order valence-corrected chi connectivity index (χ3v) is 5.64. The van der Waals surface area contributed by atoms with Gasteiger partial charge >= 0.3 is 0 Å². The summed E-state index contributed by atoms with van der Waals surface area (Å²) in [5.41, 5.74) is 0.263. The Hall–Kier alpha value is -1.82. The second-order valence-electron chi connectivity index (χ2n) is 7.37. The highest BCUT2D eigenvalue weighted by Crippen LogP contribution is 2.33. The third-order valence-electron chi connectivity index (χ3n) is 5.64. The van der Waals surface area contributed by atoms with Gasteiger partial charge in [-0.2, -0.15) is 0 Å². The molecule has 1 aliphatic carbocycles. The average Bonchev–Trinajstić information content (AvgIpc) is 3.27. The molecule has 1 aromatic heterocycles. The highest BCUT2D eigenvalue weighted by molar-refractivity contribution is 5.80. The number of rotatable bonds is 5. The first-order valence-corrected chi connectivity index (χ1v) is 9.34. The van der Waals surface area contributed by atoms with Crippen molar-refractivity contribution in [2.24, 2.45) is 4.99 Å². The lowest BCUT2D eigenvalue weighted by Gasteiger charge is -2.37. The minimum absolute atomic E-state index is 0.169. The first kappa shape index (κ1) is 18.0. The molecule has 0 bridgehead atoms. The zero-order valence-corrected chi connectivity index (χ0v) is 15.7. The van der Waals surface area contributed by atoms with Crippen LogP contribution in [0.5, 0.6) is 5.88 Å². The molecule has 0 spiro atoms. The van der Waals surface area contributed by atoms with Crippen molar-refractivity contribution in [1.29, 1.82) is 0 Å². The number of aliphatic imine (C=N–C) groups is 1. The van der Waals surface area contributed by atoms with Crippen LogP contribution in [0.15, 0.2) is 29.4 Å². The lowest BCUT2D eigenvalue weighted by atomic mass is 9.96. The molecule has 2 heterocycles. The van der Waals surface area contributed by atoms with Crippen LogP contribution >= 0.6 is 0 Å². The molecule has 1 atom stereocenters. The van der Waals surface area contributed by atoms with Gasteiger partial charge < -0.3 is 19.9 Å². The van der Waals surface area contributed by atoms with Gasteiger partial charge in [0.25, 0.3) is 0 Å². The summed E-state index contributed by atoms with van der Waals surface area (Å²) in [6.45, 7) is 2.77. The zero-order chi connectivity index (χ0) is 17.7. The summed E-state index contributed by atoms with van der Waals surface area (Å²) in [6, 6.07) is 5.78. The molecule has 25 heavy (non-hydrogen) atoms. The predicted molar refractivity (Wildman–Crippen MR) is 101 cm³/mol. The molecule has 1 N–H and O–H groups in total. The Labute approximate surface area is 151 Å². The fourth-order valence-corrected chi connectivity index (χ4v) is 4.00. The standard InChI is InChI=1S/C19H31N5O/c1-20-18(22-15-19(23(2)3)10-5-6-11-19)24-13-9-16(14-24)25-17-8-4-7-12-21-17/h4,7-8,12,16H,5-6,9-11,13-15H2,1-3H3,(H,20,22). The fraction of sp³-hybridized carbons (Fsp3) is 0.684. The Morgan fingerprint density at radius 3 is 2.84 bits per heavy atom. The molecule has 2 aliphatic rings. The van der Waals surface area contributed by atoms with Crippen molar-refractivity contribution in [3.63, 3.8) is 0 Å². The molecule has 2 fully saturated rings. The van der Waals surface area contributed by atoms with Gasteiger partial charge in [-0.05, 0) is 33.0 Å². The van der Waals surface area contributed by atoms with Gasteiger partial charge in [0.1, 0.15) is 6.10 Å². The molecule has 1 saturated heterocycles. The molecule has 6 heteroatoms. The maximum absolute atomic E-state index is 5.99. The van der Waals surface area contributed by atoms with Crippen LogP contribution in [0.1, 0.15) is 32.1 Å². The van der Waals surface area contributed by atoms with E-state index in [0.29, 0.717) is 5.88 Å². The van der Waals surface area contributed by atoms with E-state index < -0.39 is 0 Å². The summed E-state index contributed by atoms with van der Waals surface area (Å²) >= 11 is 0. The average molecular weight is 345 g/mol. The summed E-state index contributed by atoms with van der Waals surface area (Å²) in [5, 5.41) is 3.62. The van der Waals surface area contributed by atoms with Crippen molar-refractivity contribution in [3.05, 3.63) is 24.4 Å². The third kappa shape index (κ3) is 4.24. The van der Waals surface area contributed by atoms with Crippen molar-refractivity contribution in [1.82, 2.24) is 20.1 Å². The summed E-state index contributed by atoms with van der Waals surface area (Å²) in [6.07, 6.45) is 8.10. The SMILES string of the molecule is CN=C(NCC1(N(C)C)CCCC1)N1CCC(Oc2ccccn2)C1. The van der Waals surface area contributed by atoms with Gasteiger partial charge in [-0.1, -0.05) is 18.9 Å². The van der Waals surface area contributed by atoms with E-state index in [0.717, 1.165) is 32.0 Å². The highest BCUT2D eigenvalue weighted by Gasteiger charge is 2.36. The van der Waals surface area contributed by atoms with Crippen molar-refractivity contribution < 1.29 is 4.74 Å². The second kappa shape index (κ2) is 8.04. The Morgan fingerprint density at radius 1 is 1.40 bits per heavy atom. The van der Waals surface area contributed by atoms with Gasteiger partial charge in [0.05, 0.1) is 6.54 Å². The van der Waals surface area contributed by atoms with Crippen molar-refractivity contribution >= 4 is 5.96 Å². The van der Waals surface area contributed by atoms with E-state index in [1.54, 1.807) is 6.20 Å².